The van der Waals surface area contributed by atoms with Crippen molar-refractivity contribution in [1.82, 2.24) is 0 Å². The van der Waals surface area contributed by atoms with E-state index in [-0.39, 0.29) is 6.10 Å². The Hall–Kier alpha value is 0.270. The molecule has 0 bridgehead atoms. The van der Waals surface area contributed by atoms with Crippen LogP contribution in [-0.2, 0) is 9.47 Å². The van der Waals surface area contributed by atoms with Crippen molar-refractivity contribution in [3.63, 3.8) is 0 Å². The third-order valence-electron chi connectivity index (χ3n) is 2.29. The highest BCUT2D eigenvalue weighted by Crippen LogP contribution is 2.30. The molecule has 2 nitrogen and oxygen atoms in total. The van der Waals surface area contributed by atoms with E-state index in [1.807, 2.05) is 18.2 Å². The van der Waals surface area contributed by atoms with Gasteiger partial charge in [0.2, 0.25) is 0 Å². The molecule has 0 aromatic carbocycles. The van der Waals surface area contributed by atoms with Crippen LogP contribution in [0.4, 0.5) is 0 Å². The van der Waals surface area contributed by atoms with Gasteiger partial charge in [0.15, 0.2) is 5.06 Å². The van der Waals surface area contributed by atoms with Gasteiger partial charge in [0.1, 0.15) is 6.10 Å². The van der Waals surface area contributed by atoms with Crippen LogP contribution < -0.4 is 0 Å². The molecule has 1 rings (SSSR count). The van der Waals surface area contributed by atoms with Crippen molar-refractivity contribution in [1.29, 1.82) is 0 Å². The molecule has 2 atom stereocenters. The molecule has 0 amide bonds. The Bertz CT molecular complexity index is 268. The fraction of sp³-hybridized carbons (Fsp3) is 0.667. The van der Waals surface area contributed by atoms with E-state index in [0.29, 0.717) is 25.0 Å². The summed E-state index contributed by atoms with van der Waals surface area (Å²) in [5, 5.41) is -0.923. The Kier molecular flexibility index (Phi) is 7.56. The first kappa shape index (κ1) is 15.3. The second kappa shape index (κ2) is 8.39. The molecule has 2 unspecified atom stereocenters. The molecule has 0 saturated carbocycles. The molecule has 0 fully saturated rings. The molecule has 5 heteroatoms. The van der Waals surface area contributed by atoms with Crippen LogP contribution in [0.15, 0.2) is 24.3 Å². The van der Waals surface area contributed by atoms with Crippen LogP contribution in [0.1, 0.15) is 12.8 Å². The number of halogens is 3. The fourth-order valence-electron chi connectivity index (χ4n) is 1.43. The maximum atomic E-state index is 6.39. The van der Waals surface area contributed by atoms with Crippen LogP contribution >= 0.6 is 34.8 Å². The van der Waals surface area contributed by atoms with Crippen LogP contribution in [0.3, 0.4) is 0 Å². The Morgan fingerprint density at radius 2 is 1.76 bits per heavy atom. The van der Waals surface area contributed by atoms with E-state index < -0.39 is 5.06 Å². The summed E-state index contributed by atoms with van der Waals surface area (Å²) >= 11 is 17.6. The molecule has 0 N–H and O–H groups in total. The van der Waals surface area contributed by atoms with E-state index >= 15 is 0 Å². The predicted octanol–water partition coefficient (Wildman–Crippen LogP) is 3.71. The lowest BCUT2D eigenvalue weighted by atomic mass is 10.1. The summed E-state index contributed by atoms with van der Waals surface area (Å²) in [4.78, 5) is 0. The molecule has 0 radical (unpaired) electrons. The summed E-state index contributed by atoms with van der Waals surface area (Å²) in [6.07, 6.45) is 8.72. The summed E-state index contributed by atoms with van der Waals surface area (Å²) in [6, 6.07) is 0. The Morgan fingerprint density at radius 1 is 1.06 bits per heavy atom. The highest BCUT2D eigenvalue weighted by atomic mass is 35.5. The van der Waals surface area contributed by atoms with Gasteiger partial charge in [-0.15, -0.1) is 23.2 Å². The lowest BCUT2D eigenvalue weighted by molar-refractivity contribution is -0.0537. The molecular weight excluding hydrogens is 282 g/mol. The minimum absolute atomic E-state index is 0.285. The number of allylic oxidation sites excluding steroid dienone is 2. The number of ether oxygens (including phenoxy) is 2. The topological polar surface area (TPSA) is 18.5 Å². The third-order valence-corrected chi connectivity index (χ3v) is 3.27. The quantitative estimate of drug-likeness (QED) is 0.502. The minimum Gasteiger partial charge on any atom is -0.369 e. The smallest absolute Gasteiger partial charge is 0.190 e. The van der Waals surface area contributed by atoms with Gasteiger partial charge < -0.3 is 9.47 Å². The predicted molar refractivity (Wildman–Crippen MR) is 73.2 cm³/mol. The third kappa shape index (κ3) is 5.19. The summed E-state index contributed by atoms with van der Waals surface area (Å²) in [6.45, 7) is 1.08. The number of hydrogen-bond donors (Lipinski definition) is 0. The highest BCUT2D eigenvalue weighted by Gasteiger charge is 2.36. The van der Waals surface area contributed by atoms with Gasteiger partial charge in [-0.25, -0.2) is 0 Å². The van der Waals surface area contributed by atoms with Crippen LogP contribution in [0, 0.1) is 0 Å². The highest BCUT2D eigenvalue weighted by molar-refractivity contribution is 6.25. The van der Waals surface area contributed by atoms with Crippen molar-refractivity contribution < 1.29 is 9.47 Å². The van der Waals surface area contributed by atoms with Gasteiger partial charge in [0.05, 0.1) is 6.61 Å². The molecule has 1 aliphatic carbocycles. The van der Waals surface area contributed by atoms with Crippen molar-refractivity contribution in [2.75, 3.05) is 25.0 Å². The van der Waals surface area contributed by atoms with Crippen molar-refractivity contribution in [2.45, 2.75) is 24.0 Å². The van der Waals surface area contributed by atoms with E-state index in [1.54, 1.807) is 6.08 Å². The molecule has 0 spiro atoms. The molecule has 17 heavy (non-hydrogen) atoms. The molecule has 0 heterocycles. The molecule has 0 aromatic rings. The molecule has 98 valence electrons. The van der Waals surface area contributed by atoms with E-state index in [2.05, 4.69) is 0 Å². The summed E-state index contributed by atoms with van der Waals surface area (Å²) in [5.74, 6) is 1.14. The van der Waals surface area contributed by atoms with E-state index in [0.717, 1.165) is 12.8 Å². The normalized spacial score (nSPS) is 27.6. The molecule has 0 aliphatic heterocycles. The van der Waals surface area contributed by atoms with E-state index in [4.69, 9.17) is 44.3 Å². The van der Waals surface area contributed by atoms with Gasteiger partial charge in [-0.3, -0.25) is 0 Å². The first-order valence-corrected chi connectivity index (χ1v) is 7.10. The summed E-state index contributed by atoms with van der Waals surface area (Å²) in [5.41, 5.74) is 0. The second-order valence-corrected chi connectivity index (χ2v) is 5.01. The van der Waals surface area contributed by atoms with Gasteiger partial charge in [-0.05, 0) is 18.9 Å². The van der Waals surface area contributed by atoms with Crippen LogP contribution in [0.5, 0.6) is 0 Å². The van der Waals surface area contributed by atoms with Gasteiger partial charge in [0, 0.05) is 18.4 Å². The van der Waals surface area contributed by atoms with E-state index in [9.17, 15) is 0 Å². The zero-order valence-electron chi connectivity index (χ0n) is 9.58. The second-order valence-electron chi connectivity index (χ2n) is 3.67. The van der Waals surface area contributed by atoms with Crippen molar-refractivity contribution in [2.24, 2.45) is 0 Å². The zero-order valence-corrected chi connectivity index (χ0v) is 11.8. The standard InChI is InChI=1S/C12H17Cl3O2/c13-7-3-9-16-11-5-1-2-6-12(11,15)17-10-4-8-14/h1-2,5-6,11H,3-4,7-10H2. The number of hydrogen-bond acceptors (Lipinski definition) is 2. The summed E-state index contributed by atoms with van der Waals surface area (Å²) < 4.78 is 11.3. The lowest BCUT2D eigenvalue weighted by Gasteiger charge is -2.32. The SMILES string of the molecule is ClCCCOC1C=CC=CC1(Cl)OCCCCl. The minimum atomic E-state index is -0.923. The van der Waals surface area contributed by atoms with Gasteiger partial charge in [0.25, 0.3) is 0 Å². The number of alkyl halides is 3. The monoisotopic (exact) mass is 298 g/mol. The van der Waals surface area contributed by atoms with E-state index in [1.165, 1.54) is 0 Å². The molecular formula is C12H17Cl3O2. The first-order chi connectivity index (χ1) is 8.23. The molecule has 0 saturated heterocycles. The lowest BCUT2D eigenvalue weighted by Crippen LogP contribution is -2.40. The average molecular weight is 300 g/mol. The van der Waals surface area contributed by atoms with Crippen molar-refractivity contribution in [3.05, 3.63) is 24.3 Å². The average Bonchev–Trinajstić information content (AvgIpc) is 2.32. The van der Waals surface area contributed by atoms with Gasteiger partial charge in [-0.1, -0.05) is 29.8 Å². The molecule has 0 aromatic heterocycles. The largest absolute Gasteiger partial charge is 0.369 e. The summed E-state index contributed by atoms with van der Waals surface area (Å²) in [7, 11) is 0. The van der Waals surface area contributed by atoms with Crippen LogP contribution in [0.2, 0.25) is 0 Å². The Morgan fingerprint density at radius 3 is 2.47 bits per heavy atom. The first-order valence-electron chi connectivity index (χ1n) is 5.65. The van der Waals surface area contributed by atoms with Crippen LogP contribution in [0.25, 0.3) is 0 Å². The Balaban J connectivity index is 2.46. The van der Waals surface area contributed by atoms with Crippen molar-refractivity contribution in [3.8, 4) is 0 Å². The molecule has 1 aliphatic rings. The maximum Gasteiger partial charge on any atom is 0.190 e. The van der Waals surface area contributed by atoms with Gasteiger partial charge in [-0.2, -0.15) is 0 Å². The zero-order chi connectivity index (χ0) is 12.6. The van der Waals surface area contributed by atoms with Crippen LogP contribution in [-0.4, -0.2) is 36.1 Å². The fourth-order valence-corrected chi connectivity index (χ4v) is 1.93. The Labute approximate surface area is 118 Å². The maximum absolute atomic E-state index is 6.39. The van der Waals surface area contributed by atoms with Gasteiger partial charge >= 0.3 is 0 Å². The number of rotatable bonds is 8. The van der Waals surface area contributed by atoms with Crippen molar-refractivity contribution >= 4 is 34.8 Å².